The lowest BCUT2D eigenvalue weighted by atomic mass is 10.0. The molecule has 6 heteroatoms. The number of amides is 2. The van der Waals surface area contributed by atoms with Crippen LogP contribution in [0.5, 0.6) is 0 Å². The van der Waals surface area contributed by atoms with E-state index >= 15 is 0 Å². The summed E-state index contributed by atoms with van der Waals surface area (Å²) in [5.74, 6) is -0.238. The van der Waals surface area contributed by atoms with Gasteiger partial charge in [0.1, 0.15) is 0 Å². The Morgan fingerprint density at radius 3 is 2.40 bits per heavy atom. The molecular formula is C14H20ClN3O2. The van der Waals surface area contributed by atoms with Crippen molar-refractivity contribution in [3.63, 3.8) is 0 Å². The minimum Gasteiger partial charge on any atom is -0.370 e. The van der Waals surface area contributed by atoms with Crippen molar-refractivity contribution in [2.24, 2.45) is 11.7 Å². The van der Waals surface area contributed by atoms with Gasteiger partial charge >= 0.3 is 0 Å². The lowest BCUT2D eigenvalue weighted by Gasteiger charge is -2.32. The summed E-state index contributed by atoms with van der Waals surface area (Å²) >= 11 is 0. The average Bonchev–Trinajstić information content (AvgIpc) is 2.33. The molecule has 1 aliphatic rings. The molecule has 5 nitrogen and oxygen atoms in total. The maximum atomic E-state index is 12.3. The SMILES string of the molecule is Cl.NC(=O)CCN(Cc1ccccc1)C(=O)C1CNC1. The van der Waals surface area contributed by atoms with Gasteiger partial charge in [-0.2, -0.15) is 0 Å². The van der Waals surface area contributed by atoms with Crippen LogP contribution in [0, 0.1) is 5.92 Å². The lowest BCUT2D eigenvalue weighted by Crippen LogP contribution is -2.52. The molecule has 0 bridgehead atoms. The molecule has 0 aliphatic carbocycles. The summed E-state index contributed by atoms with van der Waals surface area (Å²) in [4.78, 5) is 24.9. The molecule has 0 unspecified atom stereocenters. The number of benzene rings is 1. The third-order valence-electron chi connectivity index (χ3n) is 3.29. The first-order chi connectivity index (χ1) is 9.16. The molecule has 2 amide bonds. The highest BCUT2D eigenvalue weighted by Crippen LogP contribution is 2.12. The number of halogens is 1. The van der Waals surface area contributed by atoms with E-state index in [2.05, 4.69) is 5.32 Å². The normalized spacial score (nSPS) is 14.0. The maximum absolute atomic E-state index is 12.3. The summed E-state index contributed by atoms with van der Waals surface area (Å²) in [5.41, 5.74) is 6.23. The molecule has 110 valence electrons. The highest BCUT2D eigenvalue weighted by atomic mass is 35.5. The Hall–Kier alpha value is -1.59. The van der Waals surface area contributed by atoms with E-state index in [0.29, 0.717) is 13.1 Å². The van der Waals surface area contributed by atoms with Crippen LogP contribution in [0.25, 0.3) is 0 Å². The van der Waals surface area contributed by atoms with Gasteiger partial charge in [-0.25, -0.2) is 0 Å². The molecule has 0 aromatic heterocycles. The number of primary amides is 1. The van der Waals surface area contributed by atoms with E-state index in [-0.39, 0.29) is 36.6 Å². The van der Waals surface area contributed by atoms with Gasteiger partial charge in [0, 0.05) is 32.6 Å². The second-order valence-electron chi connectivity index (χ2n) is 4.82. The zero-order valence-corrected chi connectivity index (χ0v) is 12.1. The zero-order valence-electron chi connectivity index (χ0n) is 11.2. The standard InChI is InChI=1S/C14H19N3O2.ClH/c15-13(18)6-7-17(14(19)12-8-16-9-12)10-11-4-2-1-3-5-11;/h1-5,12,16H,6-10H2,(H2,15,18);1H. The fourth-order valence-corrected chi connectivity index (χ4v) is 2.04. The van der Waals surface area contributed by atoms with Gasteiger partial charge in [-0.3, -0.25) is 9.59 Å². The monoisotopic (exact) mass is 297 g/mol. The second kappa shape index (κ2) is 7.87. The number of hydrogen-bond donors (Lipinski definition) is 2. The Kier molecular flexibility index (Phi) is 6.48. The quantitative estimate of drug-likeness (QED) is 0.804. The van der Waals surface area contributed by atoms with Gasteiger partial charge in [0.25, 0.3) is 0 Å². The largest absolute Gasteiger partial charge is 0.370 e. The fraction of sp³-hybridized carbons (Fsp3) is 0.429. The van der Waals surface area contributed by atoms with Gasteiger partial charge in [-0.1, -0.05) is 30.3 Å². The van der Waals surface area contributed by atoms with Gasteiger partial charge in [0.15, 0.2) is 0 Å². The molecule has 3 N–H and O–H groups in total. The van der Waals surface area contributed by atoms with Gasteiger partial charge in [0.2, 0.25) is 11.8 Å². The van der Waals surface area contributed by atoms with Crippen molar-refractivity contribution in [2.75, 3.05) is 19.6 Å². The summed E-state index contributed by atoms with van der Waals surface area (Å²) in [5, 5.41) is 3.09. The van der Waals surface area contributed by atoms with E-state index in [1.54, 1.807) is 4.90 Å². The Morgan fingerprint density at radius 2 is 1.90 bits per heavy atom. The molecule has 1 aromatic carbocycles. The highest BCUT2D eigenvalue weighted by molar-refractivity contribution is 5.85. The third-order valence-corrected chi connectivity index (χ3v) is 3.29. The highest BCUT2D eigenvalue weighted by Gasteiger charge is 2.29. The van der Waals surface area contributed by atoms with Crippen LogP contribution in [-0.4, -0.2) is 36.3 Å². The Balaban J connectivity index is 0.00000200. The first-order valence-corrected chi connectivity index (χ1v) is 6.48. The van der Waals surface area contributed by atoms with Crippen LogP contribution in [0.3, 0.4) is 0 Å². The molecule has 1 saturated heterocycles. The molecule has 1 aromatic rings. The van der Waals surface area contributed by atoms with Crippen LogP contribution in [0.1, 0.15) is 12.0 Å². The zero-order chi connectivity index (χ0) is 13.7. The summed E-state index contributed by atoms with van der Waals surface area (Å²) < 4.78 is 0. The van der Waals surface area contributed by atoms with Crippen LogP contribution in [0.4, 0.5) is 0 Å². The van der Waals surface area contributed by atoms with Crippen molar-refractivity contribution in [1.29, 1.82) is 0 Å². The summed E-state index contributed by atoms with van der Waals surface area (Å²) in [6.45, 7) is 2.37. The number of carbonyl (C=O) groups is 2. The molecule has 0 spiro atoms. The smallest absolute Gasteiger partial charge is 0.228 e. The van der Waals surface area contributed by atoms with Crippen molar-refractivity contribution in [1.82, 2.24) is 10.2 Å². The van der Waals surface area contributed by atoms with Gasteiger partial charge in [-0.05, 0) is 5.56 Å². The summed E-state index contributed by atoms with van der Waals surface area (Å²) in [6.07, 6.45) is 0.207. The number of rotatable bonds is 6. The first-order valence-electron chi connectivity index (χ1n) is 6.48. The van der Waals surface area contributed by atoms with Crippen molar-refractivity contribution in [3.8, 4) is 0 Å². The van der Waals surface area contributed by atoms with E-state index in [9.17, 15) is 9.59 Å². The predicted molar refractivity (Wildman–Crippen MR) is 79.3 cm³/mol. The van der Waals surface area contributed by atoms with E-state index < -0.39 is 0 Å². The minimum absolute atomic E-state index is 0. The Labute approximate surface area is 124 Å². The molecular weight excluding hydrogens is 278 g/mol. The van der Waals surface area contributed by atoms with E-state index in [0.717, 1.165) is 18.7 Å². The first kappa shape index (κ1) is 16.5. The van der Waals surface area contributed by atoms with Crippen LogP contribution >= 0.6 is 12.4 Å². The molecule has 0 saturated carbocycles. The van der Waals surface area contributed by atoms with Gasteiger partial charge in [0.05, 0.1) is 5.92 Å². The molecule has 1 aliphatic heterocycles. The number of nitrogens with zero attached hydrogens (tertiary/aromatic N) is 1. The van der Waals surface area contributed by atoms with Crippen molar-refractivity contribution < 1.29 is 9.59 Å². The van der Waals surface area contributed by atoms with Crippen LogP contribution in [-0.2, 0) is 16.1 Å². The predicted octanol–water partition coefficient (Wildman–Crippen LogP) is 0.532. The fourth-order valence-electron chi connectivity index (χ4n) is 2.04. The van der Waals surface area contributed by atoms with E-state index in [1.165, 1.54) is 0 Å². The number of hydrogen-bond acceptors (Lipinski definition) is 3. The Morgan fingerprint density at radius 1 is 1.25 bits per heavy atom. The minimum atomic E-state index is -0.377. The topological polar surface area (TPSA) is 75.4 Å². The average molecular weight is 298 g/mol. The third kappa shape index (κ3) is 4.51. The Bertz CT molecular complexity index is 449. The maximum Gasteiger partial charge on any atom is 0.228 e. The molecule has 0 radical (unpaired) electrons. The van der Waals surface area contributed by atoms with Crippen LogP contribution in [0.15, 0.2) is 30.3 Å². The summed E-state index contributed by atoms with van der Waals surface area (Å²) in [6, 6.07) is 9.77. The van der Waals surface area contributed by atoms with Crippen LogP contribution < -0.4 is 11.1 Å². The molecule has 0 atom stereocenters. The van der Waals surface area contributed by atoms with Crippen molar-refractivity contribution in [3.05, 3.63) is 35.9 Å². The molecule has 20 heavy (non-hydrogen) atoms. The lowest BCUT2D eigenvalue weighted by molar-refractivity contribution is -0.138. The number of nitrogens with two attached hydrogens (primary N) is 1. The van der Waals surface area contributed by atoms with E-state index in [1.807, 2.05) is 30.3 Å². The molecule has 2 rings (SSSR count). The second-order valence-corrected chi connectivity index (χ2v) is 4.82. The molecule has 1 fully saturated rings. The van der Waals surface area contributed by atoms with Crippen molar-refractivity contribution >= 4 is 24.2 Å². The molecule has 1 heterocycles. The number of nitrogens with one attached hydrogen (secondary N) is 1. The van der Waals surface area contributed by atoms with Gasteiger partial charge < -0.3 is 16.0 Å². The number of carbonyl (C=O) groups excluding carboxylic acids is 2. The van der Waals surface area contributed by atoms with Crippen LogP contribution in [0.2, 0.25) is 0 Å². The summed E-state index contributed by atoms with van der Waals surface area (Å²) in [7, 11) is 0. The van der Waals surface area contributed by atoms with Crippen molar-refractivity contribution in [2.45, 2.75) is 13.0 Å². The van der Waals surface area contributed by atoms with E-state index in [4.69, 9.17) is 5.73 Å². The van der Waals surface area contributed by atoms with Gasteiger partial charge in [-0.15, -0.1) is 12.4 Å².